The lowest BCUT2D eigenvalue weighted by molar-refractivity contribution is 0.0914. The maximum atomic E-state index is 12.2. The van der Waals surface area contributed by atoms with Crippen LogP contribution in [0.4, 0.5) is 0 Å². The fourth-order valence-corrected chi connectivity index (χ4v) is 2.67. The first-order valence-corrected chi connectivity index (χ1v) is 7.98. The molecular formula is C17H23ClN2O2. The Morgan fingerprint density at radius 2 is 2.09 bits per heavy atom. The number of hydrogen-bond acceptors (Lipinski definition) is 3. The minimum absolute atomic E-state index is 0.00852. The van der Waals surface area contributed by atoms with E-state index in [0.29, 0.717) is 5.56 Å². The van der Waals surface area contributed by atoms with Crippen molar-refractivity contribution in [2.75, 3.05) is 19.6 Å². The summed E-state index contributed by atoms with van der Waals surface area (Å²) in [5.74, 6) is -0.143. The molecule has 0 atom stereocenters. The number of carbonyl (C=O) groups is 1. The number of allylic oxidation sites excluding steroid dienone is 1. The van der Waals surface area contributed by atoms with Gasteiger partial charge in [-0.3, -0.25) is 9.69 Å². The molecule has 0 saturated carbocycles. The minimum atomic E-state index is -0.135. The van der Waals surface area contributed by atoms with Gasteiger partial charge in [-0.1, -0.05) is 23.3 Å². The Balaban J connectivity index is 1.84. The zero-order valence-corrected chi connectivity index (χ0v) is 13.9. The van der Waals surface area contributed by atoms with Gasteiger partial charge in [0.2, 0.25) is 0 Å². The van der Waals surface area contributed by atoms with Crippen LogP contribution >= 0.6 is 11.6 Å². The molecule has 0 spiro atoms. The van der Waals surface area contributed by atoms with Crippen molar-refractivity contribution in [3.8, 4) is 5.75 Å². The first-order valence-electron chi connectivity index (χ1n) is 7.61. The molecule has 2 rings (SSSR count). The summed E-state index contributed by atoms with van der Waals surface area (Å²) in [6.07, 6.45) is 4.14. The number of hydrogen-bond donors (Lipinski definition) is 2. The predicted octanol–water partition coefficient (Wildman–Crippen LogP) is 3.21. The second kappa shape index (κ2) is 7.65. The van der Waals surface area contributed by atoms with Crippen LogP contribution in [-0.2, 0) is 0 Å². The molecule has 120 valence electrons. The van der Waals surface area contributed by atoms with Gasteiger partial charge in [-0.15, -0.1) is 0 Å². The third kappa shape index (κ3) is 4.75. The van der Waals surface area contributed by atoms with Crippen LogP contribution in [0.25, 0.3) is 0 Å². The van der Waals surface area contributed by atoms with Crippen LogP contribution in [0, 0.1) is 0 Å². The number of carbonyl (C=O) groups excluding carboxylic acids is 1. The van der Waals surface area contributed by atoms with E-state index >= 15 is 0 Å². The molecule has 0 unspecified atom stereocenters. The lowest BCUT2D eigenvalue weighted by Crippen LogP contribution is -2.44. The van der Waals surface area contributed by atoms with E-state index < -0.39 is 0 Å². The number of phenolic OH excluding ortho intramolecular Hbond substituents is 1. The molecule has 1 fully saturated rings. The van der Waals surface area contributed by atoms with E-state index in [-0.39, 0.29) is 22.7 Å². The van der Waals surface area contributed by atoms with Gasteiger partial charge < -0.3 is 10.4 Å². The Labute approximate surface area is 136 Å². The average molecular weight is 323 g/mol. The van der Waals surface area contributed by atoms with Crippen LogP contribution in [0.15, 0.2) is 29.8 Å². The Morgan fingerprint density at radius 1 is 1.41 bits per heavy atom. The van der Waals surface area contributed by atoms with Gasteiger partial charge in [0.05, 0.1) is 5.02 Å². The van der Waals surface area contributed by atoms with Crippen LogP contribution in [0.2, 0.25) is 5.02 Å². The van der Waals surface area contributed by atoms with Crippen molar-refractivity contribution in [2.45, 2.75) is 32.7 Å². The smallest absolute Gasteiger partial charge is 0.251 e. The van der Waals surface area contributed by atoms with Gasteiger partial charge in [-0.25, -0.2) is 0 Å². The average Bonchev–Trinajstić information content (AvgIpc) is 2.49. The summed E-state index contributed by atoms with van der Waals surface area (Å²) in [5, 5.41) is 12.6. The number of benzene rings is 1. The van der Waals surface area contributed by atoms with Crippen molar-refractivity contribution in [2.24, 2.45) is 0 Å². The van der Waals surface area contributed by atoms with Gasteiger partial charge in [0.1, 0.15) is 5.75 Å². The zero-order chi connectivity index (χ0) is 16.1. The highest BCUT2D eigenvalue weighted by atomic mass is 35.5. The molecule has 0 aliphatic carbocycles. The molecule has 4 nitrogen and oxygen atoms in total. The monoisotopic (exact) mass is 322 g/mol. The van der Waals surface area contributed by atoms with Crippen molar-refractivity contribution in [3.63, 3.8) is 0 Å². The van der Waals surface area contributed by atoms with Crippen molar-refractivity contribution in [1.29, 1.82) is 0 Å². The maximum absolute atomic E-state index is 12.2. The number of nitrogens with zero attached hydrogens (tertiary/aromatic N) is 1. The number of amides is 1. The van der Waals surface area contributed by atoms with Gasteiger partial charge in [0, 0.05) is 31.2 Å². The van der Waals surface area contributed by atoms with Gasteiger partial charge in [0.15, 0.2) is 0 Å². The number of nitrogens with one attached hydrogen (secondary N) is 1. The Hall–Kier alpha value is -1.52. The summed E-state index contributed by atoms with van der Waals surface area (Å²) in [4.78, 5) is 14.6. The summed E-state index contributed by atoms with van der Waals surface area (Å²) in [5.41, 5.74) is 1.81. The molecule has 1 heterocycles. The van der Waals surface area contributed by atoms with Crippen LogP contribution in [-0.4, -0.2) is 41.6 Å². The fraction of sp³-hybridized carbons (Fsp3) is 0.471. The number of likely N-dealkylation sites (tertiary alicyclic amines) is 1. The van der Waals surface area contributed by atoms with E-state index in [1.807, 2.05) is 0 Å². The van der Waals surface area contributed by atoms with E-state index in [1.165, 1.54) is 17.7 Å². The lowest BCUT2D eigenvalue weighted by atomic mass is 10.0. The quantitative estimate of drug-likeness (QED) is 0.837. The van der Waals surface area contributed by atoms with Crippen molar-refractivity contribution in [1.82, 2.24) is 10.2 Å². The summed E-state index contributed by atoms with van der Waals surface area (Å²) < 4.78 is 0. The molecule has 0 radical (unpaired) electrons. The summed E-state index contributed by atoms with van der Waals surface area (Å²) in [7, 11) is 0. The van der Waals surface area contributed by atoms with E-state index in [2.05, 4.69) is 30.1 Å². The van der Waals surface area contributed by atoms with Gasteiger partial charge >= 0.3 is 0 Å². The van der Waals surface area contributed by atoms with Crippen molar-refractivity contribution < 1.29 is 9.90 Å². The molecule has 1 aliphatic heterocycles. The molecule has 2 N–H and O–H groups in total. The Morgan fingerprint density at radius 3 is 2.68 bits per heavy atom. The molecule has 1 aromatic rings. The van der Waals surface area contributed by atoms with E-state index in [1.54, 1.807) is 6.07 Å². The Kier molecular flexibility index (Phi) is 5.86. The molecule has 1 saturated heterocycles. The summed E-state index contributed by atoms with van der Waals surface area (Å²) in [6, 6.07) is 4.72. The number of halogens is 1. The lowest BCUT2D eigenvalue weighted by Gasteiger charge is -2.31. The van der Waals surface area contributed by atoms with Crippen LogP contribution in [0.3, 0.4) is 0 Å². The highest BCUT2D eigenvalue weighted by Crippen LogP contribution is 2.23. The van der Waals surface area contributed by atoms with Crippen LogP contribution < -0.4 is 5.32 Å². The van der Waals surface area contributed by atoms with E-state index in [9.17, 15) is 9.90 Å². The number of aromatic hydroxyl groups is 1. The van der Waals surface area contributed by atoms with Crippen molar-refractivity contribution >= 4 is 17.5 Å². The molecule has 1 aliphatic rings. The highest BCUT2D eigenvalue weighted by Gasteiger charge is 2.20. The van der Waals surface area contributed by atoms with Gasteiger partial charge in [-0.05, 0) is 44.9 Å². The predicted molar refractivity (Wildman–Crippen MR) is 89.5 cm³/mol. The van der Waals surface area contributed by atoms with Crippen LogP contribution in [0.5, 0.6) is 5.75 Å². The molecule has 5 heteroatoms. The normalized spacial score (nSPS) is 16.3. The number of piperidine rings is 1. The molecule has 1 amide bonds. The molecule has 1 aromatic carbocycles. The largest absolute Gasteiger partial charge is 0.506 e. The zero-order valence-electron chi connectivity index (χ0n) is 13.1. The molecule has 0 bridgehead atoms. The van der Waals surface area contributed by atoms with Crippen LogP contribution in [0.1, 0.15) is 37.0 Å². The number of phenols is 1. The topological polar surface area (TPSA) is 52.6 Å². The molecular weight excluding hydrogens is 300 g/mol. The molecule has 0 aromatic heterocycles. The summed E-state index contributed by atoms with van der Waals surface area (Å²) in [6.45, 7) is 7.18. The second-order valence-electron chi connectivity index (χ2n) is 6.00. The third-order valence-corrected chi connectivity index (χ3v) is 4.19. The van der Waals surface area contributed by atoms with Gasteiger partial charge in [-0.2, -0.15) is 0 Å². The molecule has 22 heavy (non-hydrogen) atoms. The van der Waals surface area contributed by atoms with Crippen molar-refractivity contribution in [3.05, 3.63) is 40.4 Å². The standard InChI is InChI=1S/C17H23ClN2O2/c1-12(2)5-8-20-9-6-14(7-10-20)19-17(22)13-3-4-16(21)15(18)11-13/h3-5,11,14,21H,6-10H2,1-2H3,(H,19,22). The van der Waals surface area contributed by atoms with E-state index in [0.717, 1.165) is 32.5 Å². The summed E-state index contributed by atoms with van der Waals surface area (Å²) >= 11 is 5.84. The number of rotatable bonds is 4. The third-order valence-electron chi connectivity index (χ3n) is 3.89. The minimum Gasteiger partial charge on any atom is -0.506 e. The van der Waals surface area contributed by atoms with Gasteiger partial charge in [0.25, 0.3) is 5.91 Å². The highest BCUT2D eigenvalue weighted by molar-refractivity contribution is 6.32. The SMILES string of the molecule is CC(C)=CCN1CCC(NC(=O)c2ccc(O)c(Cl)c2)CC1. The Bertz CT molecular complexity index is 560. The fourth-order valence-electron chi connectivity index (χ4n) is 2.49. The second-order valence-corrected chi connectivity index (χ2v) is 6.40. The maximum Gasteiger partial charge on any atom is 0.251 e. The first-order chi connectivity index (χ1) is 10.5. The van der Waals surface area contributed by atoms with E-state index in [4.69, 9.17) is 11.6 Å². The first kappa shape index (κ1) is 16.8.